The number of unbranched alkanes of at least 4 members (excludes halogenated alkanes) is 25. The molecule has 0 saturated carbocycles. The number of allylic oxidation sites excluding steroid dienone is 4. The largest absolute Gasteiger partial charge is 0.462 e. The Morgan fingerprint density at radius 1 is 0.464 bits per heavy atom. The molecule has 69 heavy (non-hydrogen) atoms. The zero-order valence-electron chi connectivity index (χ0n) is 42.8. The second-order valence-corrected chi connectivity index (χ2v) is 19.4. The Morgan fingerprint density at radius 2 is 0.870 bits per heavy atom. The molecule has 2 rings (SSSR count). The SMILES string of the molecule is CCCCC/C=C/C/C=C/CCCCCCCCCC(=O)OC[C@@H](CO[C@@H]1O[C@H](CO[C@@H]2O[C@H](CO)[C@H](O)C(O)C2O)[C@H](O)C(O)C1O)OC(=O)CCCCCCCCCCCCCCCCCC. The lowest BCUT2D eigenvalue weighted by Gasteiger charge is -2.42. The number of esters is 2. The van der Waals surface area contributed by atoms with Gasteiger partial charge in [-0.25, -0.2) is 0 Å². The Kier molecular flexibility index (Phi) is 37.9. The van der Waals surface area contributed by atoms with Gasteiger partial charge in [-0.3, -0.25) is 9.59 Å². The fraction of sp³-hybridized carbons (Fsp3) is 0.889. The number of aliphatic hydroxyl groups excluding tert-OH is 7. The highest BCUT2D eigenvalue weighted by molar-refractivity contribution is 5.70. The summed E-state index contributed by atoms with van der Waals surface area (Å²) in [6.07, 6.45) is 26.2. The van der Waals surface area contributed by atoms with Gasteiger partial charge in [0.2, 0.25) is 0 Å². The topological polar surface area (TPSA) is 231 Å². The van der Waals surface area contributed by atoms with Crippen molar-refractivity contribution in [3.8, 4) is 0 Å². The monoisotopic (exact) mass is 987 g/mol. The summed E-state index contributed by atoms with van der Waals surface area (Å²) in [5.74, 6) is -0.924. The van der Waals surface area contributed by atoms with Gasteiger partial charge in [0.15, 0.2) is 18.7 Å². The fourth-order valence-corrected chi connectivity index (χ4v) is 8.66. The fourth-order valence-electron chi connectivity index (χ4n) is 8.66. The summed E-state index contributed by atoms with van der Waals surface area (Å²) in [5, 5.41) is 72.2. The third kappa shape index (κ3) is 29.3. The zero-order chi connectivity index (χ0) is 50.3. The number of ether oxygens (including phenoxy) is 6. The number of aliphatic hydroxyl groups is 7. The average molecular weight is 987 g/mol. The first-order valence-electron chi connectivity index (χ1n) is 27.4. The summed E-state index contributed by atoms with van der Waals surface area (Å²) in [6.45, 7) is 2.59. The first kappa shape index (κ1) is 63.1. The molecule has 11 atom stereocenters. The van der Waals surface area contributed by atoms with Gasteiger partial charge in [-0.15, -0.1) is 0 Å². The zero-order valence-corrected chi connectivity index (χ0v) is 42.8. The molecule has 404 valence electrons. The molecule has 0 radical (unpaired) electrons. The van der Waals surface area contributed by atoms with Crippen molar-refractivity contribution in [1.29, 1.82) is 0 Å². The van der Waals surface area contributed by atoms with Crippen LogP contribution < -0.4 is 0 Å². The van der Waals surface area contributed by atoms with Crippen molar-refractivity contribution in [2.75, 3.05) is 26.4 Å². The first-order valence-corrected chi connectivity index (χ1v) is 27.4. The first-order chi connectivity index (χ1) is 33.5. The third-order valence-electron chi connectivity index (χ3n) is 13.2. The predicted octanol–water partition coefficient (Wildman–Crippen LogP) is 8.33. The van der Waals surface area contributed by atoms with E-state index < -0.39 is 92.7 Å². The van der Waals surface area contributed by atoms with Crippen LogP contribution in [0.3, 0.4) is 0 Å². The van der Waals surface area contributed by atoms with E-state index in [1.54, 1.807) is 0 Å². The lowest BCUT2D eigenvalue weighted by molar-refractivity contribution is -0.332. The molecule has 0 spiro atoms. The van der Waals surface area contributed by atoms with Gasteiger partial charge in [0.1, 0.15) is 55.4 Å². The normalized spacial score (nSPS) is 25.7. The minimum absolute atomic E-state index is 0.168. The van der Waals surface area contributed by atoms with E-state index >= 15 is 0 Å². The van der Waals surface area contributed by atoms with Gasteiger partial charge in [-0.1, -0.05) is 179 Å². The maximum absolute atomic E-state index is 13.0. The van der Waals surface area contributed by atoms with Gasteiger partial charge in [0, 0.05) is 12.8 Å². The Labute approximate surface area is 415 Å². The van der Waals surface area contributed by atoms with E-state index in [1.165, 1.54) is 116 Å². The highest BCUT2D eigenvalue weighted by Crippen LogP contribution is 2.27. The Hall–Kier alpha value is -2.02. The molecular formula is C54H98O15. The van der Waals surface area contributed by atoms with Crippen LogP contribution in [0.25, 0.3) is 0 Å². The minimum atomic E-state index is -1.76. The number of carbonyl (C=O) groups is 2. The average Bonchev–Trinajstić information content (AvgIpc) is 3.34. The predicted molar refractivity (Wildman–Crippen MR) is 266 cm³/mol. The van der Waals surface area contributed by atoms with E-state index in [0.717, 1.165) is 57.8 Å². The number of hydrogen-bond acceptors (Lipinski definition) is 15. The Morgan fingerprint density at radius 3 is 1.38 bits per heavy atom. The highest BCUT2D eigenvalue weighted by atomic mass is 16.7. The van der Waals surface area contributed by atoms with Crippen LogP contribution in [0.1, 0.15) is 213 Å². The van der Waals surface area contributed by atoms with Gasteiger partial charge in [-0.2, -0.15) is 0 Å². The quantitative estimate of drug-likeness (QED) is 0.0173. The van der Waals surface area contributed by atoms with Crippen molar-refractivity contribution in [3.63, 3.8) is 0 Å². The van der Waals surface area contributed by atoms with Crippen LogP contribution in [-0.4, -0.2) is 142 Å². The van der Waals surface area contributed by atoms with E-state index in [4.69, 9.17) is 28.4 Å². The molecule has 7 N–H and O–H groups in total. The lowest BCUT2D eigenvalue weighted by atomic mass is 9.98. The number of carbonyl (C=O) groups excluding carboxylic acids is 2. The van der Waals surface area contributed by atoms with Crippen LogP contribution in [0.2, 0.25) is 0 Å². The molecule has 15 nitrogen and oxygen atoms in total. The van der Waals surface area contributed by atoms with Gasteiger partial charge in [0.05, 0.1) is 19.8 Å². The molecule has 2 saturated heterocycles. The van der Waals surface area contributed by atoms with Crippen molar-refractivity contribution < 1.29 is 73.8 Å². The van der Waals surface area contributed by atoms with E-state index in [0.29, 0.717) is 12.8 Å². The van der Waals surface area contributed by atoms with Crippen LogP contribution in [0.5, 0.6) is 0 Å². The highest BCUT2D eigenvalue weighted by Gasteiger charge is 2.47. The summed E-state index contributed by atoms with van der Waals surface area (Å²) < 4.78 is 33.6. The second-order valence-electron chi connectivity index (χ2n) is 19.4. The molecule has 0 amide bonds. The summed E-state index contributed by atoms with van der Waals surface area (Å²) in [4.78, 5) is 25.8. The van der Waals surface area contributed by atoms with Crippen LogP contribution in [0.15, 0.2) is 24.3 Å². The molecule has 0 aromatic heterocycles. The molecular weight excluding hydrogens is 889 g/mol. The Balaban J connectivity index is 1.78. The van der Waals surface area contributed by atoms with E-state index in [1.807, 2.05) is 0 Å². The van der Waals surface area contributed by atoms with Crippen molar-refractivity contribution in [1.82, 2.24) is 0 Å². The van der Waals surface area contributed by atoms with Crippen LogP contribution >= 0.6 is 0 Å². The van der Waals surface area contributed by atoms with Crippen molar-refractivity contribution in [3.05, 3.63) is 24.3 Å². The smallest absolute Gasteiger partial charge is 0.306 e. The maximum atomic E-state index is 13.0. The van der Waals surface area contributed by atoms with Crippen LogP contribution in [0, 0.1) is 0 Å². The van der Waals surface area contributed by atoms with Crippen molar-refractivity contribution in [2.45, 2.75) is 280 Å². The summed E-state index contributed by atoms with van der Waals surface area (Å²) in [6, 6.07) is 0. The molecule has 2 aliphatic rings. The summed E-state index contributed by atoms with van der Waals surface area (Å²) in [5.41, 5.74) is 0. The molecule has 4 unspecified atom stereocenters. The molecule has 2 heterocycles. The van der Waals surface area contributed by atoms with Gasteiger partial charge < -0.3 is 64.2 Å². The molecule has 2 aliphatic heterocycles. The Bertz CT molecular complexity index is 1300. The van der Waals surface area contributed by atoms with Gasteiger partial charge >= 0.3 is 11.9 Å². The summed E-state index contributed by atoms with van der Waals surface area (Å²) >= 11 is 0. The van der Waals surface area contributed by atoms with Gasteiger partial charge in [-0.05, 0) is 44.9 Å². The molecule has 15 heteroatoms. The van der Waals surface area contributed by atoms with Crippen molar-refractivity contribution in [2.24, 2.45) is 0 Å². The molecule has 2 fully saturated rings. The van der Waals surface area contributed by atoms with E-state index in [2.05, 4.69) is 38.2 Å². The molecule has 0 aromatic rings. The number of rotatable bonds is 43. The van der Waals surface area contributed by atoms with Gasteiger partial charge in [0.25, 0.3) is 0 Å². The third-order valence-corrected chi connectivity index (χ3v) is 13.2. The second kappa shape index (κ2) is 41.5. The molecule has 0 bridgehead atoms. The minimum Gasteiger partial charge on any atom is -0.462 e. The standard InChI is InChI=1S/C54H98O15/c1-3-5-7-9-11-13-15-17-19-21-23-24-26-28-30-32-34-36-45(56)64-39-42(67-46(57)37-35-33-31-29-27-25-22-20-18-16-14-12-10-8-6-4-2)40-65-53-52(63)50(61)48(59)44(69-53)41-66-54-51(62)49(60)47(58)43(38-55)68-54/h11,13,17,19,42-44,47-55,58-63H,3-10,12,14-16,18,20-41H2,1-2H3/b13-11+,19-17+/t42-,43+,44+,47-,48-,49?,50?,51?,52?,53+,54+/m0/s1. The van der Waals surface area contributed by atoms with E-state index in [-0.39, 0.29) is 26.1 Å². The molecule has 0 aromatic carbocycles. The van der Waals surface area contributed by atoms with E-state index in [9.17, 15) is 45.3 Å². The maximum Gasteiger partial charge on any atom is 0.306 e. The number of hydrogen-bond donors (Lipinski definition) is 7. The summed E-state index contributed by atoms with van der Waals surface area (Å²) in [7, 11) is 0. The molecule has 0 aliphatic carbocycles. The van der Waals surface area contributed by atoms with Crippen LogP contribution in [0.4, 0.5) is 0 Å². The lowest BCUT2D eigenvalue weighted by Crippen LogP contribution is -2.61. The van der Waals surface area contributed by atoms with Crippen LogP contribution in [-0.2, 0) is 38.0 Å². The van der Waals surface area contributed by atoms with Crippen molar-refractivity contribution >= 4 is 11.9 Å².